The number of carbonyl (C=O) groups is 1. The van der Waals surface area contributed by atoms with Crippen molar-refractivity contribution in [3.8, 4) is 0 Å². The highest BCUT2D eigenvalue weighted by molar-refractivity contribution is 5.82. The summed E-state index contributed by atoms with van der Waals surface area (Å²) >= 11 is 0. The molecule has 0 radical (unpaired) electrons. The van der Waals surface area contributed by atoms with Crippen LogP contribution in [0.3, 0.4) is 0 Å². The van der Waals surface area contributed by atoms with Gasteiger partial charge in [-0.2, -0.15) is 0 Å². The average Bonchev–Trinajstić information content (AvgIpc) is 2.16. The summed E-state index contributed by atoms with van der Waals surface area (Å²) < 4.78 is 0. The largest absolute Gasteiger partial charge is 0.342 e. The number of amides is 1. The van der Waals surface area contributed by atoms with Crippen LogP contribution in [-0.4, -0.2) is 29.9 Å². The van der Waals surface area contributed by atoms with E-state index in [0.29, 0.717) is 0 Å². The SMILES string of the molecule is CCCCN(CC)C(=O)[C@H](N)C(C)(C)C. The molecule has 0 aliphatic rings. The first-order valence-electron chi connectivity index (χ1n) is 5.89. The van der Waals surface area contributed by atoms with Crippen LogP contribution in [0.2, 0.25) is 0 Å². The van der Waals surface area contributed by atoms with Crippen LogP contribution in [0, 0.1) is 5.41 Å². The molecule has 0 saturated heterocycles. The number of rotatable bonds is 5. The maximum atomic E-state index is 12.0. The maximum Gasteiger partial charge on any atom is 0.240 e. The first kappa shape index (κ1) is 14.4. The van der Waals surface area contributed by atoms with Crippen LogP contribution in [0.1, 0.15) is 47.5 Å². The fourth-order valence-electron chi connectivity index (χ4n) is 1.34. The van der Waals surface area contributed by atoms with Gasteiger partial charge in [-0.3, -0.25) is 4.79 Å². The Bertz CT molecular complexity index is 196. The van der Waals surface area contributed by atoms with Crippen molar-refractivity contribution in [2.24, 2.45) is 11.1 Å². The Balaban J connectivity index is 4.38. The number of hydrogen-bond donors (Lipinski definition) is 1. The van der Waals surface area contributed by atoms with Crippen LogP contribution in [0.15, 0.2) is 0 Å². The summed E-state index contributed by atoms with van der Waals surface area (Å²) in [5, 5.41) is 0. The summed E-state index contributed by atoms with van der Waals surface area (Å²) in [7, 11) is 0. The van der Waals surface area contributed by atoms with E-state index in [1.165, 1.54) is 0 Å². The van der Waals surface area contributed by atoms with Gasteiger partial charge in [0.25, 0.3) is 0 Å². The first-order chi connectivity index (χ1) is 6.84. The van der Waals surface area contributed by atoms with E-state index in [9.17, 15) is 4.79 Å². The minimum absolute atomic E-state index is 0.0819. The third-order valence-corrected chi connectivity index (χ3v) is 2.67. The highest BCUT2D eigenvalue weighted by Crippen LogP contribution is 2.19. The molecule has 0 aromatic carbocycles. The smallest absolute Gasteiger partial charge is 0.240 e. The Morgan fingerprint density at radius 1 is 1.33 bits per heavy atom. The normalized spacial score (nSPS) is 13.7. The van der Waals surface area contributed by atoms with Crippen LogP contribution in [-0.2, 0) is 4.79 Å². The third kappa shape index (κ3) is 4.65. The quantitative estimate of drug-likeness (QED) is 0.761. The molecule has 0 aromatic rings. The average molecular weight is 214 g/mol. The van der Waals surface area contributed by atoms with Crippen molar-refractivity contribution >= 4 is 5.91 Å². The Hall–Kier alpha value is -0.570. The number of carbonyl (C=O) groups excluding carboxylic acids is 1. The molecule has 3 heteroatoms. The molecule has 1 atom stereocenters. The molecule has 0 aliphatic carbocycles. The highest BCUT2D eigenvalue weighted by Gasteiger charge is 2.30. The predicted octanol–water partition coefficient (Wildman–Crippen LogP) is 2.01. The Kier molecular flexibility index (Phi) is 5.88. The zero-order valence-corrected chi connectivity index (χ0v) is 10.8. The van der Waals surface area contributed by atoms with Crippen molar-refractivity contribution in [3.63, 3.8) is 0 Å². The zero-order valence-electron chi connectivity index (χ0n) is 10.8. The second-order valence-corrected chi connectivity index (χ2v) is 5.12. The number of nitrogens with zero attached hydrogens (tertiary/aromatic N) is 1. The standard InChI is InChI=1S/C12H26N2O/c1-6-8-9-14(7-2)11(15)10(13)12(3,4)5/h10H,6-9,13H2,1-5H3/t10-/m0/s1. The van der Waals surface area contributed by atoms with Gasteiger partial charge in [-0.1, -0.05) is 34.1 Å². The lowest BCUT2D eigenvalue weighted by Gasteiger charge is -2.31. The van der Waals surface area contributed by atoms with Crippen molar-refractivity contribution < 1.29 is 4.79 Å². The van der Waals surface area contributed by atoms with E-state index >= 15 is 0 Å². The molecule has 0 fully saturated rings. The fourth-order valence-corrected chi connectivity index (χ4v) is 1.34. The third-order valence-electron chi connectivity index (χ3n) is 2.67. The first-order valence-corrected chi connectivity index (χ1v) is 5.89. The molecule has 2 N–H and O–H groups in total. The van der Waals surface area contributed by atoms with E-state index in [-0.39, 0.29) is 11.3 Å². The van der Waals surface area contributed by atoms with Gasteiger partial charge in [0, 0.05) is 13.1 Å². The van der Waals surface area contributed by atoms with Crippen molar-refractivity contribution in [1.29, 1.82) is 0 Å². The van der Waals surface area contributed by atoms with E-state index < -0.39 is 6.04 Å². The summed E-state index contributed by atoms with van der Waals surface area (Å²) in [6.45, 7) is 11.7. The van der Waals surface area contributed by atoms with E-state index in [0.717, 1.165) is 25.9 Å². The summed E-state index contributed by atoms with van der Waals surface area (Å²) in [6.07, 6.45) is 2.16. The van der Waals surface area contributed by atoms with Crippen LogP contribution in [0.25, 0.3) is 0 Å². The highest BCUT2D eigenvalue weighted by atomic mass is 16.2. The topological polar surface area (TPSA) is 46.3 Å². The lowest BCUT2D eigenvalue weighted by Crippen LogP contribution is -2.50. The van der Waals surface area contributed by atoms with E-state index in [2.05, 4.69) is 6.92 Å². The number of nitrogens with two attached hydrogens (primary N) is 1. The number of unbranched alkanes of at least 4 members (excludes halogenated alkanes) is 1. The minimum Gasteiger partial charge on any atom is -0.342 e. The summed E-state index contributed by atoms with van der Waals surface area (Å²) in [5.41, 5.74) is 5.80. The second-order valence-electron chi connectivity index (χ2n) is 5.12. The van der Waals surface area contributed by atoms with Crippen LogP contribution < -0.4 is 5.73 Å². The minimum atomic E-state index is -0.394. The van der Waals surface area contributed by atoms with E-state index in [1.807, 2.05) is 32.6 Å². The molecule has 0 heterocycles. The maximum absolute atomic E-state index is 12.0. The molecular formula is C12H26N2O. The summed E-state index contributed by atoms with van der Waals surface area (Å²) in [5.74, 6) is 0.0819. The molecule has 90 valence electrons. The van der Waals surface area contributed by atoms with Crippen molar-refractivity contribution in [1.82, 2.24) is 4.90 Å². The van der Waals surface area contributed by atoms with Crippen LogP contribution >= 0.6 is 0 Å². The fraction of sp³-hybridized carbons (Fsp3) is 0.917. The molecule has 0 unspecified atom stereocenters. The predicted molar refractivity (Wildman–Crippen MR) is 64.6 cm³/mol. The Labute approximate surface area is 94.0 Å². The molecule has 0 aromatic heterocycles. The molecule has 1 amide bonds. The number of hydrogen-bond acceptors (Lipinski definition) is 2. The van der Waals surface area contributed by atoms with Gasteiger partial charge in [0.15, 0.2) is 0 Å². The molecule has 0 saturated carbocycles. The van der Waals surface area contributed by atoms with Gasteiger partial charge >= 0.3 is 0 Å². The lowest BCUT2D eigenvalue weighted by molar-refractivity contribution is -0.134. The summed E-state index contributed by atoms with van der Waals surface area (Å²) in [6, 6.07) is -0.394. The van der Waals surface area contributed by atoms with Gasteiger partial charge in [-0.25, -0.2) is 0 Å². The van der Waals surface area contributed by atoms with Gasteiger partial charge in [0.05, 0.1) is 6.04 Å². The van der Waals surface area contributed by atoms with Crippen LogP contribution in [0.4, 0.5) is 0 Å². The Morgan fingerprint density at radius 2 is 1.87 bits per heavy atom. The molecule has 3 nitrogen and oxygen atoms in total. The molecule has 0 spiro atoms. The van der Waals surface area contributed by atoms with E-state index in [1.54, 1.807) is 0 Å². The molecule has 0 rings (SSSR count). The zero-order chi connectivity index (χ0) is 12.1. The van der Waals surface area contributed by atoms with Gasteiger partial charge < -0.3 is 10.6 Å². The van der Waals surface area contributed by atoms with Gasteiger partial charge in [-0.15, -0.1) is 0 Å². The lowest BCUT2D eigenvalue weighted by atomic mass is 9.86. The van der Waals surface area contributed by atoms with Gasteiger partial charge in [0.1, 0.15) is 0 Å². The number of likely N-dealkylation sites (N-methyl/N-ethyl adjacent to an activating group) is 1. The molecule has 0 aliphatic heterocycles. The summed E-state index contributed by atoms with van der Waals surface area (Å²) in [4.78, 5) is 13.9. The molecule has 0 bridgehead atoms. The van der Waals surface area contributed by atoms with Crippen LogP contribution in [0.5, 0.6) is 0 Å². The second kappa shape index (κ2) is 6.11. The van der Waals surface area contributed by atoms with E-state index in [4.69, 9.17) is 5.73 Å². The van der Waals surface area contributed by atoms with Crippen molar-refractivity contribution in [3.05, 3.63) is 0 Å². The molecular weight excluding hydrogens is 188 g/mol. The van der Waals surface area contributed by atoms with Gasteiger partial charge in [0.2, 0.25) is 5.91 Å². The Morgan fingerprint density at radius 3 is 2.20 bits per heavy atom. The van der Waals surface area contributed by atoms with Crippen molar-refractivity contribution in [2.45, 2.75) is 53.5 Å². The van der Waals surface area contributed by atoms with Gasteiger partial charge in [-0.05, 0) is 18.8 Å². The molecule has 15 heavy (non-hydrogen) atoms. The monoisotopic (exact) mass is 214 g/mol. The van der Waals surface area contributed by atoms with Crippen molar-refractivity contribution in [2.75, 3.05) is 13.1 Å².